The van der Waals surface area contributed by atoms with Gasteiger partial charge in [0.05, 0.1) is 6.54 Å². The summed E-state index contributed by atoms with van der Waals surface area (Å²) in [6.45, 7) is 5.35. The molecule has 0 aromatic heterocycles. The summed E-state index contributed by atoms with van der Waals surface area (Å²) in [6, 6.07) is 6.02. The molecule has 1 aliphatic heterocycles. The number of carbonyl (C=O) groups excluding carboxylic acids is 2. The van der Waals surface area contributed by atoms with Crippen LogP contribution in [-0.2, 0) is 9.59 Å². The number of rotatable bonds is 8. The quantitative estimate of drug-likeness (QED) is 0.717. The van der Waals surface area contributed by atoms with E-state index in [4.69, 9.17) is 4.74 Å². The van der Waals surface area contributed by atoms with Crippen molar-refractivity contribution in [3.05, 3.63) is 30.1 Å². The molecule has 6 nitrogen and oxygen atoms in total. The van der Waals surface area contributed by atoms with Crippen molar-refractivity contribution in [2.45, 2.75) is 19.8 Å². The second-order valence-electron chi connectivity index (χ2n) is 6.08. The first-order chi connectivity index (χ1) is 12.1. The molecule has 0 unspecified atom stereocenters. The molecule has 1 aromatic rings. The number of carbonyl (C=O) groups is 2. The van der Waals surface area contributed by atoms with E-state index in [0.29, 0.717) is 39.3 Å². The third-order valence-corrected chi connectivity index (χ3v) is 4.13. The minimum atomic E-state index is -0.478. The lowest BCUT2D eigenvalue weighted by Gasteiger charge is -2.34. The van der Waals surface area contributed by atoms with Gasteiger partial charge in [-0.25, -0.2) is 4.39 Å². The van der Waals surface area contributed by atoms with E-state index in [2.05, 4.69) is 12.2 Å². The molecule has 1 heterocycles. The van der Waals surface area contributed by atoms with Gasteiger partial charge >= 0.3 is 0 Å². The number of amides is 2. The fourth-order valence-corrected chi connectivity index (χ4v) is 2.61. The maximum absolute atomic E-state index is 13.5. The molecule has 1 saturated heterocycles. The SMILES string of the molecule is CCCCNC(=O)CN1CCN(C(=O)COc2ccccc2F)CC1. The van der Waals surface area contributed by atoms with E-state index in [0.717, 1.165) is 12.8 Å². The average Bonchev–Trinajstić information content (AvgIpc) is 2.61. The molecule has 2 amide bonds. The van der Waals surface area contributed by atoms with Gasteiger partial charge in [0.1, 0.15) is 0 Å². The first-order valence-corrected chi connectivity index (χ1v) is 8.74. The standard InChI is InChI=1S/C18H26FN3O3/c1-2-3-8-20-17(23)13-21-9-11-22(12-10-21)18(24)14-25-16-7-5-4-6-15(16)19/h4-7H,2-3,8-14H2,1H3,(H,20,23). The Morgan fingerprint density at radius 1 is 1.20 bits per heavy atom. The number of nitrogens with one attached hydrogen (secondary N) is 1. The fourth-order valence-electron chi connectivity index (χ4n) is 2.61. The molecule has 1 aromatic carbocycles. The number of nitrogens with zero attached hydrogens (tertiary/aromatic N) is 2. The van der Waals surface area contributed by atoms with Crippen LogP contribution in [0, 0.1) is 5.82 Å². The van der Waals surface area contributed by atoms with Gasteiger partial charge in [-0.15, -0.1) is 0 Å². The molecule has 1 N–H and O–H groups in total. The van der Waals surface area contributed by atoms with Gasteiger partial charge in [0.2, 0.25) is 5.91 Å². The van der Waals surface area contributed by atoms with E-state index < -0.39 is 5.82 Å². The van der Waals surface area contributed by atoms with Crippen LogP contribution >= 0.6 is 0 Å². The lowest BCUT2D eigenvalue weighted by atomic mass is 10.3. The molecule has 0 spiro atoms. The van der Waals surface area contributed by atoms with Crippen LogP contribution in [0.2, 0.25) is 0 Å². The van der Waals surface area contributed by atoms with Crippen LogP contribution in [0.4, 0.5) is 4.39 Å². The largest absolute Gasteiger partial charge is 0.481 e. The minimum Gasteiger partial charge on any atom is -0.481 e. The number of piperazine rings is 1. The van der Waals surface area contributed by atoms with E-state index in [9.17, 15) is 14.0 Å². The first-order valence-electron chi connectivity index (χ1n) is 8.74. The molecule has 0 saturated carbocycles. The molecule has 0 radical (unpaired) electrons. The molecule has 0 aliphatic carbocycles. The highest BCUT2D eigenvalue weighted by Crippen LogP contribution is 2.15. The summed E-state index contributed by atoms with van der Waals surface area (Å²) in [6.07, 6.45) is 2.03. The van der Waals surface area contributed by atoms with Crippen LogP contribution in [-0.4, -0.2) is 67.5 Å². The first kappa shape index (κ1) is 19.2. The number of unbranched alkanes of at least 4 members (excludes halogenated alkanes) is 1. The van der Waals surface area contributed by atoms with Crippen molar-refractivity contribution in [2.75, 3.05) is 45.9 Å². The highest BCUT2D eigenvalue weighted by Gasteiger charge is 2.22. The molecule has 0 bridgehead atoms. The zero-order valence-corrected chi connectivity index (χ0v) is 14.7. The van der Waals surface area contributed by atoms with Gasteiger partial charge < -0.3 is 15.0 Å². The Morgan fingerprint density at radius 2 is 1.92 bits per heavy atom. The molecular weight excluding hydrogens is 325 g/mol. The molecule has 138 valence electrons. The summed E-state index contributed by atoms with van der Waals surface area (Å²) in [5, 5.41) is 2.89. The Kier molecular flexibility index (Phi) is 7.66. The van der Waals surface area contributed by atoms with Crippen molar-refractivity contribution in [1.29, 1.82) is 0 Å². The summed E-state index contributed by atoms with van der Waals surface area (Å²) in [5.41, 5.74) is 0. The van der Waals surface area contributed by atoms with Crippen LogP contribution < -0.4 is 10.1 Å². The molecule has 25 heavy (non-hydrogen) atoms. The van der Waals surface area contributed by atoms with E-state index in [-0.39, 0.29) is 24.2 Å². The topological polar surface area (TPSA) is 61.9 Å². The zero-order valence-electron chi connectivity index (χ0n) is 14.7. The summed E-state index contributed by atoms with van der Waals surface area (Å²) in [4.78, 5) is 27.7. The minimum absolute atomic E-state index is 0.0242. The van der Waals surface area contributed by atoms with Gasteiger partial charge in [0.25, 0.3) is 5.91 Å². The number of hydrogen-bond donors (Lipinski definition) is 1. The monoisotopic (exact) mass is 351 g/mol. The van der Waals surface area contributed by atoms with Crippen molar-refractivity contribution in [3.8, 4) is 5.75 Å². The lowest BCUT2D eigenvalue weighted by Crippen LogP contribution is -2.52. The van der Waals surface area contributed by atoms with Gasteiger partial charge in [-0.3, -0.25) is 14.5 Å². The summed E-state index contributed by atoms with van der Waals surface area (Å²) < 4.78 is 18.7. The molecular formula is C18H26FN3O3. The van der Waals surface area contributed by atoms with Crippen molar-refractivity contribution >= 4 is 11.8 Å². The molecule has 1 aliphatic rings. The van der Waals surface area contributed by atoms with Crippen LogP contribution in [0.5, 0.6) is 5.75 Å². The van der Waals surface area contributed by atoms with E-state index in [1.165, 1.54) is 12.1 Å². The van der Waals surface area contributed by atoms with E-state index in [1.807, 2.05) is 4.90 Å². The van der Waals surface area contributed by atoms with Gasteiger partial charge in [0.15, 0.2) is 18.2 Å². The average molecular weight is 351 g/mol. The van der Waals surface area contributed by atoms with Crippen LogP contribution in [0.3, 0.4) is 0 Å². The zero-order chi connectivity index (χ0) is 18.1. The Morgan fingerprint density at radius 3 is 2.60 bits per heavy atom. The predicted molar refractivity (Wildman–Crippen MR) is 92.8 cm³/mol. The van der Waals surface area contributed by atoms with Crippen molar-refractivity contribution in [3.63, 3.8) is 0 Å². The fraction of sp³-hybridized carbons (Fsp3) is 0.556. The van der Waals surface area contributed by atoms with E-state index in [1.54, 1.807) is 17.0 Å². The van der Waals surface area contributed by atoms with Gasteiger partial charge in [-0.1, -0.05) is 25.5 Å². The third-order valence-electron chi connectivity index (χ3n) is 4.13. The predicted octanol–water partition coefficient (Wildman–Crippen LogP) is 1.27. The van der Waals surface area contributed by atoms with Crippen molar-refractivity contribution in [2.24, 2.45) is 0 Å². The Labute approximate surface area is 147 Å². The Hall–Kier alpha value is -2.15. The second-order valence-corrected chi connectivity index (χ2v) is 6.08. The Bertz CT molecular complexity index is 574. The van der Waals surface area contributed by atoms with Crippen LogP contribution in [0.15, 0.2) is 24.3 Å². The van der Waals surface area contributed by atoms with Gasteiger partial charge in [-0.05, 0) is 18.6 Å². The lowest BCUT2D eigenvalue weighted by molar-refractivity contribution is -0.135. The summed E-state index contributed by atoms with van der Waals surface area (Å²) >= 11 is 0. The highest BCUT2D eigenvalue weighted by molar-refractivity contribution is 5.79. The van der Waals surface area contributed by atoms with Crippen LogP contribution in [0.1, 0.15) is 19.8 Å². The maximum atomic E-state index is 13.5. The van der Waals surface area contributed by atoms with Gasteiger partial charge in [0, 0.05) is 32.7 Å². The number of hydrogen-bond acceptors (Lipinski definition) is 4. The van der Waals surface area contributed by atoms with Crippen LogP contribution in [0.25, 0.3) is 0 Å². The maximum Gasteiger partial charge on any atom is 0.260 e. The second kappa shape index (κ2) is 9.98. The number of benzene rings is 1. The Balaban J connectivity index is 1.68. The molecule has 7 heteroatoms. The van der Waals surface area contributed by atoms with Gasteiger partial charge in [-0.2, -0.15) is 0 Å². The number of ether oxygens (including phenoxy) is 1. The smallest absolute Gasteiger partial charge is 0.260 e. The third kappa shape index (κ3) is 6.34. The van der Waals surface area contributed by atoms with Crippen molar-refractivity contribution in [1.82, 2.24) is 15.1 Å². The highest BCUT2D eigenvalue weighted by atomic mass is 19.1. The van der Waals surface area contributed by atoms with E-state index >= 15 is 0 Å². The summed E-state index contributed by atoms with van der Waals surface area (Å²) in [7, 11) is 0. The molecule has 2 rings (SSSR count). The normalized spacial score (nSPS) is 15.0. The molecule has 0 atom stereocenters. The van der Waals surface area contributed by atoms with Crippen molar-refractivity contribution < 1.29 is 18.7 Å². The number of para-hydroxylation sites is 1. The number of halogens is 1. The summed E-state index contributed by atoms with van der Waals surface area (Å²) in [5.74, 6) is -0.543. The molecule has 1 fully saturated rings.